The molecule has 3 aromatic rings. The molecule has 0 aromatic heterocycles. The number of hydrogen-bond acceptors (Lipinski definition) is 6. The average molecular weight is 527 g/mol. The molecule has 0 aliphatic rings. The van der Waals surface area contributed by atoms with Crippen molar-refractivity contribution >= 4 is 27.7 Å². The molecule has 0 aliphatic heterocycles. The van der Waals surface area contributed by atoms with Gasteiger partial charge in [-0.25, -0.2) is 13.1 Å². The van der Waals surface area contributed by atoms with Crippen LogP contribution in [-0.2, 0) is 16.4 Å². The van der Waals surface area contributed by atoms with Crippen LogP contribution in [0.25, 0.3) is 11.1 Å². The highest BCUT2D eigenvalue weighted by Gasteiger charge is 2.17. The van der Waals surface area contributed by atoms with E-state index in [4.69, 9.17) is 0 Å². The van der Waals surface area contributed by atoms with Gasteiger partial charge in [-0.05, 0) is 53.3 Å². The molecule has 0 aliphatic carbocycles. The predicted octanol–water partition coefficient (Wildman–Crippen LogP) is 4.66. The highest BCUT2D eigenvalue weighted by atomic mass is 32.2. The van der Waals surface area contributed by atoms with Crippen molar-refractivity contribution in [3.63, 3.8) is 0 Å². The van der Waals surface area contributed by atoms with Gasteiger partial charge < -0.3 is 10.4 Å². The first-order valence-electron chi connectivity index (χ1n) is 11.9. The van der Waals surface area contributed by atoms with Gasteiger partial charge in [-0.1, -0.05) is 74.5 Å². The molecule has 0 saturated carbocycles. The van der Waals surface area contributed by atoms with Crippen LogP contribution in [-0.4, -0.2) is 44.5 Å². The Morgan fingerprint density at radius 2 is 1.64 bits per heavy atom. The molecular weight excluding hydrogens is 492 g/mol. The Balaban J connectivity index is 1.64. The molecule has 1 amide bonds. The fraction of sp³-hybridized carbons (Fsp3) is 0.321. The van der Waals surface area contributed by atoms with Gasteiger partial charge in [-0.2, -0.15) is 0 Å². The van der Waals surface area contributed by atoms with E-state index < -0.39 is 22.0 Å². The van der Waals surface area contributed by atoms with Crippen LogP contribution in [0.2, 0.25) is 0 Å². The number of aliphatic hydroxyl groups is 1. The predicted molar refractivity (Wildman–Crippen MR) is 148 cm³/mol. The van der Waals surface area contributed by atoms with Crippen LogP contribution in [0.1, 0.15) is 41.4 Å². The van der Waals surface area contributed by atoms with Crippen LogP contribution in [0, 0.1) is 5.92 Å². The van der Waals surface area contributed by atoms with E-state index in [9.17, 15) is 18.3 Å². The fourth-order valence-corrected chi connectivity index (χ4v) is 5.10. The standard InChI is InChI=1S/C28H34N2O4S2/c1-20(2)19-35-27-17-24(13-14-25(27)28(32)30-36(3,33)34)22-11-9-21(10-12-22)15-16-29-18-26(31)23-7-5-4-6-8-23/h4-14,17,20,26,29,31H,15-16,18-19H2,1-3H3,(H,30,32)/t26-/m1/s1. The van der Waals surface area contributed by atoms with E-state index >= 15 is 0 Å². The third kappa shape index (κ3) is 8.78. The number of thioether (sulfide) groups is 1. The molecule has 0 saturated heterocycles. The summed E-state index contributed by atoms with van der Waals surface area (Å²) in [7, 11) is -3.64. The molecule has 3 aromatic carbocycles. The number of aliphatic hydroxyl groups excluding tert-OH is 1. The molecule has 0 heterocycles. The second-order valence-electron chi connectivity index (χ2n) is 9.20. The van der Waals surface area contributed by atoms with Crippen molar-refractivity contribution in [3.8, 4) is 11.1 Å². The van der Waals surface area contributed by atoms with E-state index in [1.165, 1.54) is 5.56 Å². The van der Waals surface area contributed by atoms with Crippen molar-refractivity contribution in [2.75, 3.05) is 25.1 Å². The number of rotatable bonds is 12. The van der Waals surface area contributed by atoms with Crippen molar-refractivity contribution < 1.29 is 18.3 Å². The maximum absolute atomic E-state index is 12.5. The smallest absolute Gasteiger partial charge is 0.265 e. The largest absolute Gasteiger partial charge is 0.387 e. The summed E-state index contributed by atoms with van der Waals surface area (Å²) in [5.41, 5.74) is 4.43. The number of amides is 1. The number of benzene rings is 3. The Kier molecular flexibility index (Phi) is 10.1. The lowest BCUT2D eigenvalue weighted by molar-refractivity contribution is 0.0979. The van der Waals surface area contributed by atoms with Crippen molar-refractivity contribution in [3.05, 3.63) is 89.5 Å². The van der Waals surface area contributed by atoms with Gasteiger partial charge in [0.2, 0.25) is 10.0 Å². The molecule has 0 unspecified atom stereocenters. The van der Waals surface area contributed by atoms with E-state index in [1.807, 2.05) is 42.5 Å². The first-order valence-corrected chi connectivity index (χ1v) is 14.8. The Morgan fingerprint density at radius 1 is 0.972 bits per heavy atom. The second kappa shape index (κ2) is 13.1. The number of carbonyl (C=O) groups is 1. The van der Waals surface area contributed by atoms with Crippen LogP contribution in [0.5, 0.6) is 0 Å². The zero-order chi connectivity index (χ0) is 26.1. The third-order valence-corrected chi connectivity index (χ3v) is 7.51. The molecule has 0 bridgehead atoms. The molecule has 192 valence electrons. The number of hydrogen-bond donors (Lipinski definition) is 3. The lowest BCUT2D eigenvalue weighted by Crippen LogP contribution is -2.29. The molecule has 3 N–H and O–H groups in total. The van der Waals surface area contributed by atoms with Crippen LogP contribution >= 0.6 is 11.8 Å². The molecular formula is C28H34N2O4S2. The minimum Gasteiger partial charge on any atom is -0.387 e. The molecule has 8 heteroatoms. The average Bonchev–Trinajstić information content (AvgIpc) is 2.85. The van der Waals surface area contributed by atoms with Gasteiger partial charge >= 0.3 is 0 Å². The van der Waals surface area contributed by atoms with Crippen LogP contribution in [0.4, 0.5) is 0 Å². The Morgan fingerprint density at radius 3 is 2.28 bits per heavy atom. The Bertz CT molecular complexity index is 1240. The molecule has 36 heavy (non-hydrogen) atoms. The summed E-state index contributed by atoms with van der Waals surface area (Å²) in [4.78, 5) is 13.3. The molecule has 0 radical (unpaired) electrons. The van der Waals surface area contributed by atoms with Crippen molar-refractivity contribution in [2.45, 2.75) is 31.3 Å². The molecule has 0 spiro atoms. The summed E-state index contributed by atoms with van der Waals surface area (Å²) in [6.07, 6.45) is 1.28. The van der Waals surface area contributed by atoms with Crippen molar-refractivity contribution in [1.29, 1.82) is 0 Å². The monoisotopic (exact) mass is 526 g/mol. The minimum absolute atomic E-state index is 0.357. The summed E-state index contributed by atoms with van der Waals surface area (Å²) in [6, 6.07) is 23.4. The number of carbonyl (C=O) groups excluding carboxylic acids is 1. The summed E-state index contributed by atoms with van der Waals surface area (Å²) >= 11 is 1.55. The zero-order valence-electron chi connectivity index (χ0n) is 20.9. The summed E-state index contributed by atoms with van der Waals surface area (Å²) in [5.74, 6) is 0.620. The highest BCUT2D eigenvalue weighted by molar-refractivity contribution is 7.99. The highest BCUT2D eigenvalue weighted by Crippen LogP contribution is 2.30. The fourth-order valence-electron chi connectivity index (χ4n) is 3.62. The molecule has 6 nitrogen and oxygen atoms in total. The van der Waals surface area contributed by atoms with Gasteiger partial charge in [0, 0.05) is 17.2 Å². The normalized spacial score (nSPS) is 12.5. The van der Waals surface area contributed by atoms with Crippen molar-refractivity contribution in [1.82, 2.24) is 10.0 Å². The second-order valence-corrected chi connectivity index (χ2v) is 12.0. The van der Waals surface area contributed by atoms with E-state index in [0.29, 0.717) is 18.0 Å². The number of nitrogens with one attached hydrogen (secondary N) is 2. The lowest BCUT2D eigenvalue weighted by Gasteiger charge is -2.13. The van der Waals surface area contributed by atoms with Crippen LogP contribution < -0.4 is 10.0 Å². The van der Waals surface area contributed by atoms with Gasteiger partial charge in [-0.15, -0.1) is 11.8 Å². The van der Waals surface area contributed by atoms with Gasteiger partial charge in [0.15, 0.2) is 0 Å². The van der Waals surface area contributed by atoms with Gasteiger partial charge in [0.05, 0.1) is 17.9 Å². The molecule has 3 rings (SSSR count). The number of sulfonamides is 1. The van der Waals surface area contributed by atoms with E-state index in [-0.39, 0.29) is 0 Å². The van der Waals surface area contributed by atoms with Gasteiger partial charge in [-0.3, -0.25) is 4.79 Å². The van der Waals surface area contributed by atoms with Crippen LogP contribution in [0.3, 0.4) is 0 Å². The quantitative estimate of drug-likeness (QED) is 0.235. The van der Waals surface area contributed by atoms with Gasteiger partial charge in [0.1, 0.15) is 0 Å². The van der Waals surface area contributed by atoms with E-state index in [2.05, 4.69) is 48.2 Å². The molecule has 0 fully saturated rings. The zero-order valence-corrected chi connectivity index (χ0v) is 22.5. The third-order valence-electron chi connectivity index (χ3n) is 5.48. The van der Waals surface area contributed by atoms with E-state index in [0.717, 1.165) is 46.6 Å². The topological polar surface area (TPSA) is 95.5 Å². The minimum atomic E-state index is -3.64. The van der Waals surface area contributed by atoms with E-state index in [1.54, 1.807) is 17.8 Å². The SMILES string of the molecule is CC(C)CSc1cc(-c2ccc(CCNC[C@@H](O)c3ccccc3)cc2)ccc1C(=O)NS(C)(=O)=O. The summed E-state index contributed by atoms with van der Waals surface area (Å²) in [5, 5.41) is 13.6. The molecule has 1 atom stereocenters. The maximum Gasteiger partial charge on any atom is 0.265 e. The first kappa shape index (κ1) is 27.9. The summed E-state index contributed by atoms with van der Waals surface area (Å²) < 4.78 is 25.2. The van der Waals surface area contributed by atoms with Gasteiger partial charge in [0.25, 0.3) is 5.91 Å². The van der Waals surface area contributed by atoms with Crippen LogP contribution in [0.15, 0.2) is 77.7 Å². The first-order chi connectivity index (χ1) is 17.1. The lowest BCUT2D eigenvalue weighted by atomic mass is 10.0. The Hall–Kier alpha value is -2.65. The summed E-state index contributed by atoms with van der Waals surface area (Å²) in [6.45, 7) is 5.45. The van der Waals surface area contributed by atoms with Crippen molar-refractivity contribution in [2.24, 2.45) is 5.92 Å². The Labute approximate surface area is 218 Å². The maximum atomic E-state index is 12.5.